The van der Waals surface area contributed by atoms with Gasteiger partial charge in [-0.05, 0) is 23.5 Å². The first kappa shape index (κ1) is 15.5. The van der Waals surface area contributed by atoms with Crippen molar-refractivity contribution in [1.29, 1.82) is 0 Å². The minimum absolute atomic E-state index is 0.0108. The van der Waals surface area contributed by atoms with E-state index in [-0.39, 0.29) is 17.9 Å². The highest BCUT2D eigenvalue weighted by atomic mass is 16.2. The van der Waals surface area contributed by atoms with Gasteiger partial charge < -0.3 is 10.2 Å². The number of carbonyl (C=O) groups excluding carboxylic acids is 2. The van der Waals surface area contributed by atoms with Crippen molar-refractivity contribution >= 4 is 11.8 Å². The topological polar surface area (TPSA) is 49.4 Å². The third-order valence-electron chi connectivity index (χ3n) is 3.90. The maximum absolute atomic E-state index is 12.1. The first-order valence-corrected chi connectivity index (χ1v) is 7.60. The van der Waals surface area contributed by atoms with Crippen molar-refractivity contribution in [3.8, 4) is 0 Å². The molecular formula is C17H24N2O2. The number of fused-ring (bicyclic) bond motifs is 1. The van der Waals surface area contributed by atoms with E-state index in [1.54, 1.807) is 6.92 Å². The summed E-state index contributed by atoms with van der Waals surface area (Å²) < 4.78 is 0. The molecule has 21 heavy (non-hydrogen) atoms. The molecule has 1 N–H and O–H groups in total. The maximum Gasteiger partial charge on any atom is 0.222 e. The molecule has 0 radical (unpaired) electrons. The van der Waals surface area contributed by atoms with Crippen molar-refractivity contribution in [1.82, 2.24) is 10.2 Å². The Morgan fingerprint density at radius 3 is 2.71 bits per heavy atom. The molecule has 2 rings (SSSR count). The van der Waals surface area contributed by atoms with E-state index in [1.165, 1.54) is 5.56 Å². The van der Waals surface area contributed by atoms with Gasteiger partial charge in [0.15, 0.2) is 0 Å². The van der Waals surface area contributed by atoms with Gasteiger partial charge in [-0.1, -0.05) is 38.1 Å². The first-order valence-electron chi connectivity index (χ1n) is 7.60. The average molecular weight is 288 g/mol. The van der Waals surface area contributed by atoms with Gasteiger partial charge >= 0.3 is 0 Å². The van der Waals surface area contributed by atoms with E-state index in [2.05, 4.69) is 25.2 Å². The SMILES string of the molecule is CC(=O)N1CCc2ccccc2[C@@H]1CC(=O)NCC(C)C. The number of carbonyl (C=O) groups is 2. The summed E-state index contributed by atoms with van der Waals surface area (Å²) in [5.41, 5.74) is 2.36. The zero-order valence-corrected chi connectivity index (χ0v) is 13.1. The summed E-state index contributed by atoms with van der Waals surface area (Å²) in [6.45, 7) is 7.07. The Labute approximate surface area is 126 Å². The van der Waals surface area contributed by atoms with Crippen LogP contribution in [0.1, 0.15) is 44.4 Å². The normalized spacial score (nSPS) is 17.5. The van der Waals surface area contributed by atoms with Crippen LogP contribution in [0.4, 0.5) is 0 Å². The van der Waals surface area contributed by atoms with Crippen molar-refractivity contribution in [3.05, 3.63) is 35.4 Å². The maximum atomic E-state index is 12.1. The van der Waals surface area contributed by atoms with E-state index in [9.17, 15) is 9.59 Å². The van der Waals surface area contributed by atoms with Crippen molar-refractivity contribution in [2.24, 2.45) is 5.92 Å². The number of benzene rings is 1. The van der Waals surface area contributed by atoms with Crippen LogP contribution in [0.5, 0.6) is 0 Å². The fourth-order valence-corrected chi connectivity index (χ4v) is 2.81. The van der Waals surface area contributed by atoms with Gasteiger partial charge in [-0.15, -0.1) is 0 Å². The zero-order valence-electron chi connectivity index (χ0n) is 13.1. The van der Waals surface area contributed by atoms with Crippen LogP contribution in [0.2, 0.25) is 0 Å². The largest absolute Gasteiger partial charge is 0.356 e. The van der Waals surface area contributed by atoms with E-state index in [4.69, 9.17) is 0 Å². The monoisotopic (exact) mass is 288 g/mol. The fourth-order valence-electron chi connectivity index (χ4n) is 2.81. The quantitative estimate of drug-likeness (QED) is 0.924. The molecular weight excluding hydrogens is 264 g/mol. The second-order valence-corrected chi connectivity index (χ2v) is 6.08. The number of hydrogen-bond donors (Lipinski definition) is 1. The highest BCUT2D eigenvalue weighted by Crippen LogP contribution is 2.32. The van der Waals surface area contributed by atoms with Gasteiger partial charge in [-0.3, -0.25) is 9.59 Å². The fraction of sp³-hybridized carbons (Fsp3) is 0.529. The number of rotatable bonds is 4. The van der Waals surface area contributed by atoms with Crippen LogP contribution in [0, 0.1) is 5.92 Å². The van der Waals surface area contributed by atoms with Crippen LogP contribution in [0.3, 0.4) is 0 Å². The molecule has 0 aliphatic carbocycles. The summed E-state index contributed by atoms with van der Waals surface area (Å²) >= 11 is 0. The molecule has 1 heterocycles. The summed E-state index contributed by atoms with van der Waals surface area (Å²) in [4.78, 5) is 25.8. The second-order valence-electron chi connectivity index (χ2n) is 6.08. The predicted octanol–water partition coefficient (Wildman–Crippen LogP) is 2.29. The molecule has 4 nitrogen and oxygen atoms in total. The highest BCUT2D eigenvalue weighted by molar-refractivity contribution is 5.79. The summed E-state index contributed by atoms with van der Waals surface area (Å²) in [6.07, 6.45) is 1.20. The van der Waals surface area contributed by atoms with Gasteiger partial charge in [0.2, 0.25) is 11.8 Å². The Bertz CT molecular complexity index is 525. The van der Waals surface area contributed by atoms with E-state index < -0.39 is 0 Å². The van der Waals surface area contributed by atoms with Crippen molar-refractivity contribution < 1.29 is 9.59 Å². The Kier molecular flexibility index (Phi) is 4.99. The summed E-state index contributed by atoms with van der Waals surface area (Å²) in [5, 5.41) is 2.94. The molecule has 1 aromatic carbocycles. The molecule has 0 bridgehead atoms. The average Bonchev–Trinajstić information content (AvgIpc) is 2.45. The predicted molar refractivity (Wildman–Crippen MR) is 82.7 cm³/mol. The second kappa shape index (κ2) is 6.74. The lowest BCUT2D eigenvalue weighted by Crippen LogP contribution is -2.41. The van der Waals surface area contributed by atoms with Crippen LogP contribution < -0.4 is 5.32 Å². The van der Waals surface area contributed by atoms with Crippen LogP contribution in [0.15, 0.2) is 24.3 Å². The molecule has 1 atom stereocenters. The number of nitrogens with one attached hydrogen (secondary N) is 1. The van der Waals surface area contributed by atoms with Crippen molar-refractivity contribution in [3.63, 3.8) is 0 Å². The van der Waals surface area contributed by atoms with Crippen LogP contribution in [-0.2, 0) is 16.0 Å². The van der Waals surface area contributed by atoms with Crippen LogP contribution >= 0.6 is 0 Å². The molecule has 1 aliphatic heterocycles. The van der Waals surface area contributed by atoms with Crippen LogP contribution in [0.25, 0.3) is 0 Å². The molecule has 0 unspecified atom stereocenters. The first-order chi connectivity index (χ1) is 9.99. The summed E-state index contributed by atoms with van der Waals surface area (Å²) in [5.74, 6) is 0.472. The van der Waals surface area contributed by atoms with Gasteiger partial charge in [0.1, 0.15) is 0 Å². The van der Waals surface area contributed by atoms with E-state index in [0.29, 0.717) is 25.4 Å². The lowest BCUT2D eigenvalue weighted by Gasteiger charge is -2.36. The van der Waals surface area contributed by atoms with Crippen molar-refractivity contribution in [2.75, 3.05) is 13.1 Å². The van der Waals surface area contributed by atoms with Crippen molar-refractivity contribution in [2.45, 2.75) is 39.7 Å². The highest BCUT2D eigenvalue weighted by Gasteiger charge is 2.30. The van der Waals surface area contributed by atoms with Crippen LogP contribution in [-0.4, -0.2) is 29.8 Å². The van der Waals surface area contributed by atoms with E-state index in [1.807, 2.05) is 23.1 Å². The van der Waals surface area contributed by atoms with Gasteiger partial charge in [0.25, 0.3) is 0 Å². The minimum atomic E-state index is -0.139. The Morgan fingerprint density at radius 1 is 1.33 bits per heavy atom. The lowest BCUT2D eigenvalue weighted by molar-refractivity contribution is -0.133. The molecule has 114 valence electrons. The molecule has 0 spiro atoms. The Morgan fingerprint density at radius 2 is 2.05 bits per heavy atom. The summed E-state index contributed by atoms with van der Waals surface area (Å²) in [6, 6.07) is 7.97. The molecule has 0 aromatic heterocycles. The smallest absolute Gasteiger partial charge is 0.222 e. The van der Waals surface area contributed by atoms with Gasteiger partial charge in [-0.25, -0.2) is 0 Å². The molecule has 4 heteroatoms. The lowest BCUT2D eigenvalue weighted by atomic mass is 9.90. The molecule has 0 saturated heterocycles. The third-order valence-corrected chi connectivity index (χ3v) is 3.90. The van der Waals surface area contributed by atoms with Gasteiger partial charge in [0, 0.05) is 20.0 Å². The molecule has 2 amide bonds. The number of amides is 2. The molecule has 1 aliphatic rings. The van der Waals surface area contributed by atoms with Gasteiger partial charge in [0.05, 0.1) is 12.5 Å². The molecule has 0 fully saturated rings. The standard InChI is InChI=1S/C17H24N2O2/c1-12(2)11-18-17(21)10-16-15-7-5-4-6-14(15)8-9-19(16)13(3)20/h4-7,12,16H,8-11H2,1-3H3,(H,18,21)/t16-/m0/s1. The third kappa shape index (κ3) is 3.84. The Hall–Kier alpha value is -1.84. The van der Waals surface area contributed by atoms with Gasteiger partial charge in [-0.2, -0.15) is 0 Å². The molecule has 1 aromatic rings. The Balaban J connectivity index is 2.16. The minimum Gasteiger partial charge on any atom is -0.356 e. The van der Waals surface area contributed by atoms with E-state index >= 15 is 0 Å². The number of hydrogen-bond acceptors (Lipinski definition) is 2. The molecule has 0 saturated carbocycles. The summed E-state index contributed by atoms with van der Waals surface area (Å²) in [7, 11) is 0. The van der Waals surface area contributed by atoms with E-state index in [0.717, 1.165) is 12.0 Å². The number of nitrogens with zero attached hydrogens (tertiary/aromatic N) is 1. The zero-order chi connectivity index (χ0) is 15.4.